The fourth-order valence-electron chi connectivity index (χ4n) is 3.02. The molecular formula is C19H22N2O4S. The molecule has 0 bridgehead atoms. The van der Waals surface area contributed by atoms with Crippen LogP contribution in [-0.4, -0.2) is 28.0 Å². The van der Waals surface area contributed by atoms with E-state index >= 15 is 0 Å². The van der Waals surface area contributed by atoms with Crippen molar-refractivity contribution in [1.82, 2.24) is 0 Å². The van der Waals surface area contributed by atoms with Crippen LogP contribution in [0.25, 0.3) is 0 Å². The van der Waals surface area contributed by atoms with Gasteiger partial charge in [0.15, 0.2) is 0 Å². The molecule has 0 unspecified atom stereocenters. The number of anilines is 2. The van der Waals surface area contributed by atoms with Crippen molar-refractivity contribution in [1.29, 1.82) is 0 Å². The average Bonchev–Trinajstić information content (AvgIpc) is 2.62. The van der Waals surface area contributed by atoms with Gasteiger partial charge in [-0.1, -0.05) is 0 Å². The van der Waals surface area contributed by atoms with Crippen LogP contribution in [0.3, 0.4) is 0 Å². The molecule has 0 spiro atoms. The number of hydrogen-bond acceptors (Lipinski definition) is 4. The predicted molar refractivity (Wildman–Crippen MR) is 101 cm³/mol. The van der Waals surface area contributed by atoms with E-state index in [1.165, 1.54) is 6.07 Å². The first-order chi connectivity index (χ1) is 12.4. The Bertz CT molecular complexity index is 908. The second-order valence-corrected chi connectivity index (χ2v) is 7.97. The molecule has 26 heavy (non-hydrogen) atoms. The summed E-state index contributed by atoms with van der Waals surface area (Å²) in [6, 6.07) is 11.6. The van der Waals surface area contributed by atoms with Crippen molar-refractivity contribution < 1.29 is 17.9 Å². The summed E-state index contributed by atoms with van der Waals surface area (Å²) >= 11 is 0. The standard InChI is InChI=1S/C19H22N2O4S/c1-14-13-17(10-11-18(14)25-2)26(23,24)20-15-6-8-16(9-7-15)21-12-4-3-5-19(21)22/h6-11,13,20H,3-5,12H2,1-2H3. The lowest BCUT2D eigenvalue weighted by atomic mass is 10.1. The van der Waals surface area contributed by atoms with Gasteiger partial charge in [-0.15, -0.1) is 0 Å². The number of carbonyl (C=O) groups is 1. The molecule has 1 amide bonds. The van der Waals surface area contributed by atoms with Gasteiger partial charge in [0.05, 0.1) is 12.0 Å². The summed E-state index contributed by atoms with van der Waals surface area (Å²) < 4.78 is 32.9. The molecule has 1 N–H and O–H groups in total. The van der Waals surface area contributed by atoms with Gasteiger partial charge in [-0.3, -0.25) is 9.52 Å². The molecule has 7 heteroatoms. The minimum absolute atomic E-state index is 0.110. The lowest BCUT2D eigenvalue weighted by Crippen LogP contribution is -2.35. The van der Waals surface area contributed by atoms with Gasteiger partial charge in [0.2, 0.25) is 5.91 Å². The molecule has 1 aliphatic rings. The van der Waals surface area contributed by atoms with Gasteiger partial charge >= 0.3 is 0 Å². The van der Waals surface area contributed by atoms with Crippen LogP contribution in [0, 0.1) is 6.92 Å². The summed E-state index contributed by atoms with van der Waals surface area (Å²) in [5.74, 6) is 0.748. The van der Waals surface area contributed by atoms with Crippen LogP contribution in [-0.2, 0) is 14.8 Å². The summed E-state index contributed by atoms with van der Waals surface area (Å²) in [6.07, 6.45) is 2.47. The molecular weight excluding hydrogens is 352 g/mol. The van der Waals surface area contributed by atoms with Crippen LogP contribution in [0.5, 0.6) is 5.75 Å². The number of amides is 1. The van der Waals surface area contributed by atoms with Crippen molar-refractivity contribution in [3.8, 4) is 5.75 Å². The first kappa shape index (κ1) is 18.3. The maximum atomic E-state index is 12.6. The Hall–Kier alpha value is -2.54. The van der Waals surface area contributed by atoms with Gasteiger partial charge in [0.1, 0.15) is 5.75 Å². The van der Waals surface area contributed by atoms with E-state index in [1.54, 1.807) is 55.3 Å². The number of methoxy groups -OCH3 is 1. The van der Waals surface area contributed by atoms with E-state index in [2.05, 4.69) is 4.72 Å². The Morgan fingerprint density at radius 1 is 1.08 bits per heavy atom. The van der Waals surface area contributed by atoms with Gasteiger partial charge in [0, 0.05) is 24.3 Å². The van der Waals surface area contributed by atoms with E-state index in [1.807, 2.05) is 0 Å². The number of piperidine rings is 1. The third kappa shape index (κ3) is 3.83. The van der Waals surface area contributed by atoms with E-state index in [0.29, 0.717) is 24.4 Å². The van der Waals surface area contributed by atoms with E-state index in [4.69, 9.17) is 4.74 Å². The third-order valence-electron chi connectivity index (χ3n) is 4.43. The highest BCUT2D eigenvalue weighted by atomic mass is 32.2. The highest BCUT2D eigenvalue weighted by Gasteiger charge is 2.20. The largest absolute Gasteiger partial charge is 0.496 e. The second kappa shape index (κ2) is 7.37. The molecule has 2 aromatic rings. The first-order valence-corrected chi connectivity index (χ1v) is 9.97. The Balaban J connectivity index is 1.77. The van der Waals surface area contributed by atoms with Crippen LogP contribution < -0.4 is 14.4 Å². The van der Waals surface area contributed by atoms with Crippen molar-refractivity contribution >= 4 is 27.3 Å². The second-order valence-electron chi connectivity index (χ2n) is 6.29. The topological polar surface area (TPSA) is 75.7 Å². The number of hydrogen-bond donors (Lipinski definition) is 1. The lowest BCUT2D eigenvalue weighted by Gasteiger charge is -2.26. The molecule has 3 rings (SSSR count). The summed E-state index contributed by atoms with van der Waals surface area (Å²) in [5.41, 5.74) is 1.99. The Morgan fingerprint density at radius 3 is 2.42 bits per heavy atom. The van der Waals surface area contributed by atoms with E-state index < -0.39 is 10.0 Å². The number of benzene rings is 2. The van der Waals surface area contributed by atoms with Crippen LogP contribution in [0.1, 0.15) is 24.8 Å². The fraction of sp³-hybridized carbons (Fsp3) is 0.316. The van der Waals surface area contributed by atoms with Crippen LogP contribution in [0.2, 0.25) is 0 Å². The zero-order chi connectivity index (χ0) is 18.7. The summed E-state index contributed by atoms with van der Waals surface area (Å²) in [5, 5.41) is 0. The zero-order valence-corrected chi connectivity index (χ0v) is 15.7. The van der Waals surface area contributed by atoms with E-state index in [0.717, 1.165) is 24.1 Å². The molecule has 1 fully saturated rings. The van der Waals surface area contributed by atoms with Crippen LogP contribution in [0.4, 0.5) is 11.4 Å². The minimum Gasteiger partial charge on any atom is -0.496 e. The molecule has 0 saturated carbocycles. The molecule has 138 valence electrons. The normalized spacial score (nSPS) is 15.0. The Morgan fingerprint density at radius 2 is 1.81 bits per heavy atom. The number of ether oxygens (including phenoxy) is 1. The number of aryl methyl sites for hydroxylation is 1. The van der Waals surface area contributed by atoms with Crippen molar-refractivity contribution in [2.75, 3.05) is 23.3 Å². The summed E-state index contributed by atoms with van der Waals surface area (Å²) in [4.78, 5) is 13.9. The summed E-state index contributed by atoms with van der Waals surface area (Å²) in [7, 11) is -2.15. The van der Waals surface area contributed by atoms with Gasteiger partial charge in [-0.05, 0) is 67.8 Å². The smallest absolute Gasteiger partial charge is 0.261 e. The molecule has 6 nitrogen and oxygen atoms in total. The Kier molecular flexibility index (Phi) is 5.18. The number of rotatable bonds is 5. The van der Waals surface area contributed by atoms with Gasteiger partial charge in [-0.2, -0.15) is 0 Å². The number of nitrogens with zero attached hydrogens (tertiary/aromatic N) is 1. The minimum atomic E-state index is -3.70. The highest BCUT2D eigenvalue weighted by molar-refractivity contribution is 7.92. The SMILES string of the molecule is COc1ccc(S(=O)(=O)Nc2ccc(N3CCCCC3=O)cc2)cc1C. The molecule has 1 heterocycles. The highest BCUT2D eigenvalue weighted by Crippen LogP contribution is 2.25. The van der Waals surface area contributed by atoms with E-state index in [-0.39, 0.29) is 10.8 Å². The lowest BCUT2D eigenvalue weighted by molar-refractivity contribution is -0.119. The molecule has 1 saturated heterocycles. The third-order valence-corrected chi connectivity index (χ3v) is 5.81. The summed E-state index contributed by atoms with van der Waals surface area (Å²) in [6.45, 7) is 2.50. The van der Waals surface area contributed by atoms with Crippen molar-refractivity contribution in [3.63, 3.8) is 0 Å². The number of sulfonamides is 1. The first-order valence-electron chi connectivity index (χ1n) is 8.48. The average molecular weight is 374 g/mol. The zero-order valence-electron chi connectivity index (χ0n) is 14.9. The van der Waals surface area contributed by atoms with Gasteiger partial charge in [0.25, 0.3) is 10.0 Å². The molecule has 0 radical (unpaired) electrons. The van der Waals surface area contributed by atoms with E-state index in [9.17, 15) is 13.2 Å². The van der Waals surface area contributed by atoms with Gasteiger partial charge < -0.3 is 9.64 Å². The number of nitrogens with one attached hydrogen (secondary N) is 1. The molecule has 1 aliphatic heterocycles. The molecule has 2 aromatic carbocycles. The molecule has 0 atom stereocenters. The predicted octanol–water partition coefficient (Wildman–Crippen LogP) is 3.32. The fourth-order valence-corrected chi connectivity index (χ4v) is 4.16. The number of carbonyl (C=O) groups excluding carboxylic acids is 1. The maximum absolute atomic E-state index is 12.6. The molecule has 0 aliphatic carbocycles. The van der Waals surface area contributed by atoms with Crippen molar-refractivity contribution in [3.05, 3.63) is 48.0 Å². The quantitative estimate of drug-likeness (QED) is 0.871. The Labute approximate surface area is 153 Å². The van der Waals surface area contributed by atoms with Crippen LogP contribution in [0.15, 0.2) is 47.4 Å². The molecule has 0 aromatic heterocycles. The van der Waals surface area contributed by atoms with Crippen molar-refractivity contribution in [2.24, 2.45) is 0 Å². The van der Waals surface area contributed by atoms with Crippen molar-refractivity contribution in [2.45, 2.75) is 31.1 Å². The van der Waals surface area contributed by atoms with Crippen LogP contribution >= 0.6 is 0 Å². The maximum Gasteiger partial charge on any atom is 0.261 e. The monoisotopic (exact) mass is 374 g/mol. The van der Waals surface area contributed by atoms with Gasteiger partial charge in [-0.25, -0.2) is 8.42 Å².